The van der Waals surface area contributed by atoms with Crippen LogP contribution in [0.15, 0.2) is 59.8 Å². The molecule has 1 unspecified atom stereocenters. The van der Waals surface area contributed by atoms with Gasteiger partial charge in [-0.2, -0.15) is 18.4 Å². The average molecular weight is 509 g/mol. The van der Waals surface area contributed by atoms with E-state index in [1.807, 2.05) is 6.07 Å². The normalized spacial score (nSPS) is 20.0. The number of Topliss-reactive ketones (excluding diaryl/α,β-unsaturated/α-hetero) is 1. The van der Waals surface area contributed by atoms with E-state index in [0.717, 1.165) is 34.8 Å². The molecule has 0 radical (unpaired) electrons. The zero-order valence-corrected chi connectivity index (χ0v) is 19.7. The Labute approximate surface area is 211 Å². The Hall–Kier alpha value is -4.13. The van der Waals surface area contributed by atoms with Crippen LogP contribution < -0.4 is 10.2 Å². The number of nitrogens with zero attached hydrogens (tertiary/aromatic N) is 3. The number of benzene rings is 2. The zero-order chi connectivity index (χ0) is 26.3. The maximum absolute atomic E-state index is 14.0. The lowest BCUT2D eigenvalue weighted by atomic mass is 9.83. The number of nitriles is 1. The Kier molecular flexibility index (Phi) is 6.23. The highest BCUT2D eigenvalue weighted by atomic mass is 19.4. The van der Waals surface area contributed by atoms with Crippen LogP contribution in [0, 0.1) is 17.2 Å². The van der Waals surface area contributed by atoms with Gasteiger partial charge in [0.1, 0.15) is 0 Å². The highest BCUT2D eigenvalue weighted by Crippen LogP contribution is 2.45. The molecule has 7 nitrogen and oxygen atoms in total. The summed E-state index contributed by atoms with van der Waals surface area (Å²) in [6.07, 6.45) is -1.83. The van der Waals surface area contributed by atoms with Crippen LogP contribution in [-0.2, 0) is 11.0 Å². The first kappa shape index (κ1) is 24.6. The minimum absolute atomic E-state index is 0.0692. The quantitative estimate of drug-likeness (QED) is 0.575. The minimum atomic E-state index is -4.64. The number of rotatable bonds is 4. The van der Waals surface area contributed by atoms with Gasteiger partial charge in [-0.1, -0.05) is 18.2 Å². The molecule has 1 heterocycles. The summed E-state index contributed by atoms with van der Waals surface area (Å²) in [5.41, 5.74) is 0.308. The van der Waals surface area contributed by atoms with Crippen LogP contribution in [0.3, 0.4) is 0 Å². The van der Waals surface area contributed by atoms with Crippen LogP contribution in [0.1, 0.15) is 54.8 Å². The molecule has 2 aliphatic carbocycles. The average Bonchev–Trinajstić information content (AvgIpc) is 3.71. The van der Waals surface area contributed by atoms with Crippen molar-refractivity contribution in [2.75, 3.05) is 11.4 Å². The number of allylic oxidation sites excluding steroid dienone is 1. The van der Waals surface area contributed by atoms with Crippen molar-refractivity contribution in [1.82, 2.24) is 10.2 Å². The summed E-state index contributed by atoms with van der Waals surface area (Å²) >= 11 is 0. The van der Waals surface area contributed by atoms with E-state index in [1.165, 1.54) is 24.3 Å². The lowest BCUT2D eigenvalue weighted by Gasteiger charge is -2.44. The SMILES string of the molecule is N#Cc1ccc(C2C3=C(CCCC3=O)N(c3cccc(C(F)(F)F)c3)C(=O)N2C(=O)NCC2CC2)cc1. The van der Waals surface area contributed by atoms with Gasteiger partial charge in [-0.05, 0) is 67.5 Å². The lowest BCUT2D eigenvalue weighted by Crippen LogP contribution is -2.57. The molecule has 37 heavy (non-hydrogen) atoms. The van der Waals surface area contributed by atoms with Crippen molar-refractivity contribution in [1.29, 1.82) is 5.26 Å². The van der Waals surface area contributed by atoms with Gasteiger partial charge in [-0.3, -0.25) is 9.69 Å². The molecule has 5 rings (SSSR count). The number of amides is 4. The number of halogens is 3. The highest BCUT2D eigenvalue weighted by molar-refractivity contribution is 6.11. The molecule has 0 bridgehead atoms. The molecule has 0 aromatic heterocycles. The number of hydrogen-bond donors (Lipinski definition) is 1. The Morgan fingerprint density at radius 3 is 2.46 bits per heavy atom. The summed E-state index contributed by atoms with van der Waals surface area (Å²) in [4.78, 5) is 42.7. The van der Waals surface area contributed by atoms with Gasteiger partial charge in [0, 0.05) is 24.2 Å². The van der Waals surface area contributed by atoms with E-state index in [1.54, 1.807) is 12.1 Å². The number of ketones is 1. The molecule has 4 amide bonds. The minimum Gasteiger partial charge on any atom is -0.337 e. The molecule has 190 valence electrons. The Balaban J connectivity index is 1.67. The van der Waals surface area contributed by atoms with Gasteiger partial charge in [0.25, 0.3) is 0 Å². The zero-order valence-electron chi connectivity index (χ0n) is 19.7. The summed E-state index contributed by atoms with van der Waals surface area (Å²) in [6, 6.07) is 9.93. The number of urea groups is 2. The Morgan fingerprint density at radius 1 is 1.08 bits per heavy atom. The highest BCUT2D eigenvalue weighted by Gasteiger charge is 2.47. The molecule has 1 saturated carbocycles. The maximum Gasteiger partial charge on any atom is 0.416 e. The molecule has 10 heteroatoms. The first-order chi connectivity index (χ1) is 17.7. The summed E-state index contributed by atoms with van der Waals surface area (Å²) in [7, 11) is 0. The third-order valence-electron chi connectivity index (χ3n) is 6.87. The van der Waals surface area contributed by atoms with Crippen LogP contribution in [0.25, 0.3) is 0 Å². The van der Waals surface area contributed by atoms with Gasteiger partial charge in [-0.25, -0.2) is 14.5 Å². The second-order valence-corrected chi connectivity index (χ2v) is 9.44. The van der Waals surface area contributed by atoms with Crippen molar-refractivity contribution in [3.05, 3.63) is 76.5 Å². The van der Waals surface area contributed by atoms with E-state index < -0.39 is 29.8 Å². The van der Waals surface area contributed by atoms with E-state index in [0.29, 0.717) is 35.7 Å². The second-order valence-electron chi connectivity index (χ2n) is 9.44. The maximum atomic E-state index is 14.0. The van der Waals surface area contributed by atoms with Gasteiger partial charge in [-0.15, -0.1) is 0 Å². The van der Waals surface area contributed by atoms with Gasteiger partial charge in [0.15, 0.2) is 5.78 Å². The van der Waals surface area contributed by atoms with Crippen LogP contribution >= 0.6 is 0 Å². The number of carbonyl (C=O) groups excluding carboxylic acids is 3. The van der Waals surface area contributed by atoms with Crippen LogP contribution in [-0.4, -0.2) is 29.3 Å². The molecule has 1 atom stereocenters. The molecular formula is C27H23F3N4O3. The molecular weight excluding hydrogens is 485 g/mol. The van der Waals surface area contributed by atoms with E-state index in [4.69, 9.17) is 0 Å². The molecule has 0 saturated heterocycles. The third-order valence-corrected chi connectivity index (χ3v) is 6.87. The fraction of sp³-hybridized carbons (Fsp3) is 0.333. The van der Waals surface area contributed by atoms with Gasteiger partial charge in [0.2, 0.25) is 0 Å². The van der Waals surface area contributed by atoms with Crippen molar-refractivity contribution in [3.8, 4) is 6.07 Å². The predicted octanol–water partition coefficient (Wildman–Crippen LogP) is 5.69. The molecule has 1 fully saturated rings. The molecule has 1 aliphatic heterocycles. The number of imide groups is 1. The fourth-order valence-electron chi connectivity index (χ4n) is 4.84. The first-order valence-corrected chi connectivity index (χ1v) is 12.0. The van der Waals surface area contributed by atoms with E-state index in [9.17, 15) is 32.8 Å². The number of carbonyl (C=O) groups is 3. The van der Waals surface area contributed by atoms with Gasteiger partial charge in [0.05, 0.1) is 28.9 Å². The van der Waals surface area contributed by atoms with E-state index in [-0.39, 0.29) is 29.9 Å². The Morgan fingerprint density at radius 2 is 1.81 bits per heavy atom. The topological polar surface area (TPSA) is 93.5 Å². The Bertz CT molecular complexity index is 1340. The molecule has 1 N–H and O–H groups in total. The van der Waals surface area contributed by atoms with Crippen LogP contribution in [0.5, 0.6) is 0 Å². The van der Waals surface area contributed by atoms with E-state index in [2.05, 4.69) is 5.32 Å². The third kappa shape index (κ3) is 4.69. The van der Waals surface area contributed by atoms with Crippen molar-refractivity contribution in [3.63, 3.8) is 0 Å². The van der Waals surface area contributed by atoms with Crippen molar-refractivity contribution >= 4 is 23.5 Å². The summed E-state index contributed by atoms with van der Waals surface area (Å²) in [5.74, 6) is 0.0305. The lowest BCUT2D eigenvalue weighted by molar-refractivity contribution is -0.137. The van der Waals surface area contributed by atoms with E-state index >= 15 is 0 Å². The summed E-state index contributed by atoms with van der Waals surface area (Å²) in [5, 5.41) is 11.9. The van der Waals surface area contributed by atoms with Crippen molar-refractivity contribution < 1.29 is 27.6 Å². The predicted molar refractivity (Wildman–Crippen MR) is 127 cm³/mol. The summed E-state index contributed by atoms with van der Waals surface area (Å²) in [6.45, 7) is 0.353. The molecule has 2 aromatic carbocycles. The number of nitrogens with one attached hydrogen (secondary N) is 1. The molecule has 2 aromatic rings. The smallest absolute Gasteiger partial charge is 0.337 e. The number of alkyl halides is 3. The number of hydrogen-bond acceptors (Lipinski definition) is 4. The van der Waals surface area contributed by atoms with Crippen LogP contribution in [0.4, 0.5) is 28.4 Å². The van der Waals surface area contributed by atoms with Crippen LogP contribution in [0.2, 0.25) is 0 Å². The monoisotopic (exact) mass is 508 g/mol. The molecule has 3 aliphatic rings. The van der Waals surface area contributed by atoms with Gasteiger partial charge < -0.3 is 5.32 Å². The van der Waals surface area contributed by atoms with Crippen molar-refractivity contribution in [2.24, 2.45) is 5.92 Å². The fourth-order valence-corrected chi connectivity index (χ4v) is 4.84. The van der Waals surface area contributed by atoms with Gasteiger partial charge >= 0.3 is 18.2 Å². The first-order valence-electron chi connectivity index (χ1n) is 12.0. The molecule has 0 spiro atoms. The summed E-state index contributed by atoms with van der Waals surface area (Å²) < 4.78 is 40.5. The number of anilines is 1. The largest absolute Gasteiger partial charge is 0.416 e. The standard InChI is InChI=1S/C27H23F3N4O3/c28-27(29,30)19-3-1-4-20(13-19)33-21-5-2-6-22(35)23(21)24(18-11-9-16(14-31)10-12-18)34(26(33)37)25(36)32-15-17-7-8-17/h1,3-4,9-13,17,24H,2,5-8,15H2,(H,32,36). The van der Waals surface area contributed by atoms with Crippen molar-refractivity contribution in [2.45, 2.75) is 44.3 Å². The second kappa shape index (κ2) is 9.39.